The minimum absolute atomic E-state index is 0.0175. The van der Waals surface area contributed by atoms with Crippen molar-refractivity contribution in [2.75, 3.05) is 5.32 Å². The number of nitrogens with zero attached hydrogens (tertiary/aromatic N) is 1. The van der Waals surface area contributed by atoms with E-state index in [9.17, 15) is 18.0 Å². The summed E-state index contributed by atoms with van der Waals surface area (Å²) in [6.45, 7) is 1.61. The lowest BCUT2D eigenvalue weighted by molar-refractivity contribution is 0.0697. The third kappa shape index (κ3) is 2.76. The van der Waals surface area contributed by atoms with Gasteiger partial charge in [-0.2, -0.15) is 8.78 Å². The van der Waals surface area contributed by atoms with E-state index >= 15 is 0 Å². The van der Waals surface area contributed by atoms with E-state index in [4.69, 9.17) is 5.11 Å². The molecular formula is C17H11F3N2O2. The number of carbonyl (C=O) groups is 1. The number of fused-ring (bicyclic) bond motifs is 1. The van der Waals surface area contributed by atoms with Gasteiger partial charge in [-0.15, -0.1) is 0 Å². The van der Waals surface area contributed by atoms with E-state index in [1.165, 1.54) is 36.4 Å². The Hall–Kier alpha value is -3.09. The van der Waals surface area contributed by atoms with E-state index in [1.54, 1.807) is 6.92 Å². The average molecular weight is 332 g/mol. The molecule has 0 aliphatic carbocycles. The number of aryl methyl sites for hydroxylation is 1. The first kappa shape index (κ1) is 15.8. The van der Waals surface area contributed by atoms with Crippen molar-refractivity contribution in [1.29, 1.82) is 0 Å². The molecule has 122 valence electrons. The molecule has 4 nitrogen and oxygen atoms in total. The molecular weight excluding hydrogens is 321 g/mol. The van der Waals surface area contributed by atoms with E-state index in [1.807, 2.05) is 0 Å². The van der Waals surface area contributed by atoms with Gasteiger partial charge in [0, 0.05) is 5.69 Å². The maximum absolute atomic E-state index is 14.2. The van der Waals surface area contributed by atoms with Gasteiger partial charge in [0.25, 0.3) is 5.95 Å². The summed E-state index contributed by atoms with van der Waals surface area (Å²) in [5.41, 5.74) is 0.434. The van der Waals surface area contributed by atoms with Gasteiger partial charge in [-0.3, -0.25) is 0 Å². The molecule has 2 N–H and O–H groups in total. The van der Waals surface area contributed by atoms with E-state index < -0.39 is 29.2 Å². The molecule has 0 atom stereocenters. The first-order valence-electron chi connectivity index (χ1n) is 6.92. The fourth-order valence-corrected chi connectivity index (χ4v) is 2.39. The van der Waals surface area contributed by atoms with Gasteiger partial charge in [-0.1, -0.05) is 0 Å². The van der Waals surface area contributed by atoms with Crippen molar-refractivity contribution in [1.82, 2.24) is 4.98 Å². The lowest BCUT2D eigenvalue weighted by Crippen LogP contribution is -2.03. The molecule has 0 saturated carbocycles. The number of nitrogens with one attached hydrogen (secondary N) is 1. The van der Waals surface area contributed by atoms with Crippen LogP contribution in [0.15, 0.2) is 36.4 Å². The molecule has 0 spiro atoms. The maximum Gasteiger partial charge on any atom is 0.335 e. The van der Waals surface area contributed by atoms with Crippen LogP contribution in [-0.2, 0) is 0 Å². The van der Waals surface area contributed by atoms with Crippen LogP contribution >= 0.6 is 0 Å². The van der Waals surface area contributed by atoms with Crippen LogP contribution in [-0.4, -0.2) is 16.1 Å². The number of rotatable bonds is 3. The molecule has 0 amide bonds. The highest BCUT2D eigenvalue weighted by atomic mass is 19.2. The van der Waals surface area contributed by atoms with Crippen molar-refractivity contribution in [2.24, 2.45) is 0 Å². The first-order valence-corrected chi connectivity index (χ1v) is 6.92. The summed E-state index contributed by atoms with van der Waals surface area (Å²) in [5, 5.41) is 11.3. The van der Waals surface area contributed by atoms with E-state index in [-0.39, 0.29) is 22.2 Å². The molecule has 0 aliphatic rings. The topological polar surface area (TPSA) is 62.2 Å². The van der Waals surface area contributed by atoms with Crippen LogP contribution in [0.3, 0.4) is 0 Å². The summed E-state index contributed by atoms with van der Waals surface area (Å²) < 4.78 is 42.1. The van der Waals surface area contributed by atoms with Gasteiger partial charge < -0.3 is 10.4 Å². The number of hydrogen-bond donors (Lipinski definition) is 2. The van der Waals surface area contributed by atoms with E-state index in [2.05, 4.69) is 10.3 Å². The van der Waals surface area contributed by atoms with Crippen molar-refractivity contribution in [3.63, 3.8) is 0 Å². The lowest BCUT2D eigenvalue weighted by Gasteiger charge is -2.12. The van der Waals surface area contributed by atoms with Crippen LogP contribution in [0.1, 0.15) is 15.9 Å². The second-order valence-electron chi connectivity index (χ2n) is 5.24. The third-order valence-electron chi connectivity index (χ3n) is 3.48. The smallest absolute Gasteiger partial charge is 0.335 e. The Morgan fingerprint density at radius 2 is 1.79 bits per heavy atom. The second kappa shape index (κ2) is 5.84. The molecule has 24 heavy (non-hydrogen) atoms. The van der Waals surface area contributed by atoms with Crippen molar-refractivity contribution < 1.29 is 23.1 Å². The molecule has 0 unspecified atom stereocenters. The highest BCUT2D eigenvalue weighted by Gasteiger charge is 2.19. The summed E-state index contributed by atoms with van der Waals surface area (Å²) in [5.74, 6) is -4.51. The standard InChI is InChI=1S/C17H11F3N2O2/c1-8-6-11(18)13-12(7-8)22-16(20)14(19)15(13)21-10-4-2-9(3-5-10)17(23)24/h2-7H,1H3,(H,21,22)(H,23,24). The normalized spacial score (nSPS) is 10.8. The highest BCUT2D eigenvalue weighted by molar-refractivity contribution is 5.94. The highest BCUT2D eigenvalue weighted by Crippen LogP contribution is 2.32. The molecule has 3 aromatic rings. The number of anilines is 2. The fourth-order valence-electron chi connectivity index (χ4n) is 2.39. The number of aromatic nitrogens is 1. The van der Waals surface area contributed by atoms with Crippen molar-refractivity contribution in [2.45, 2.75) is 6.92 Å². The van der Waals surface area contributed by atoms with E-state index in [0.29, 0.717) is 5.56 Å². The minimum atomic E-state index is -1.35. The summed E-state index contributed by atoms with van der Waals surface area (Å²) >= 11 is 0. The Balaban J connectivity index is 2.14. The molecule has 3 rings (SSSR count). The molecule has 0 bridgehead atoms. The SMILES string of the molecule is Cc1cc(F)c2c(Nc3ccc(C(=O)O)cc3)c(F)c(F)nc2c1. The Bertz CT molecular complexity index is 956. The lowest BCUT2D eigenvalue weighted by atomic mass is 10.1. The van der Waals surface area contributed by atoms with Crippen LogP contribution in [0.4, 0.5) is 24.5 Å². The number of carboxylic acids is 1. The Morgan fingerprint density at radius 3 is 2.42 bits per heavy atom. The van der Waals surface area contributed by atoms with Gasteiger partial charge in [0.1, 0.15) is 5.82 Å². The average Bonchev–Trinajstić information content (AvgIpc) is 2.51. The maximum atomic E-state index is 14.2. The van der Waals surface area contributed by atoms with Crippen molar-refractivity contribution in [3.05, 3.63) is 65.1 Å². The quantitative estimate of drug-likeness (QED) is 0.698. The molecule has 2 aromatic carbocycles. The zero-order valence-electron chi connectivity index (χ0n) is 12.4. The van der Waals surface area contributed by atoms with Gasteiger partial charge >= 0.3 is 5.97 Å². The molecule has 1 heterocycles. The zero-order chi connectivity index (χ0) is 17.4. The Morgan fingerprint density at radius 1 is 1.12 bits per heavy atom. The molecule has 7 heteroatoms. The fraction of sp³-hybridized carbons (Fsp3) is 0.0588. The molecule has 1 aromatic heterocycles. The van der Waals surface area contributed by atoms with E-state index in [0.717, 1.165) is 0 Å². The van der Waals surface area contributed by atoms with Crippen LogP contribution in [0.5, 0.6) is 0 Å². The summed E-state index contributed by atoms with van der Waals surface area (Å²) in [4.78, 5) is 14.3. The zero-order valence-corrected chi connectivity index (χ0v) is 12.4. The van der Waals surface area contributed by atoms with Crippen molar-refractivity contribution >= 4 is 28.2 Å². The molecule has 0 aliphatic heterocycles. The molecule has 0 radical (unpaired) electrons. The van der Waals surface area contributed by atoms with Gasteiger partial charge in [-0.05, 0) is 48.9 Å². The van der Waals surface area contributed by atoms with Crippen LogP contribution in [0.25, 0.3) is 10.9 Å². The predicted octanol–water partition coefficient (Wildman–Crippen LogP) is 4.40. The predicted molar refractivity (Wildman–Crippen MR) is 83.0 cm³/mol. The Kier molecular flexibility index (Phi) is 3.84. The number of carboxylic acid groups (broad SMARTS) is 1. The van der Waals surface area contributed by atoms with Gasteiger partial charge in [0.05, 0.1) is 22.2 Å². The Labute approximate surface area is 134 Å². The van der Waals surface area contributed by atoms with Gasteiger partial charge in [-0.25, -0.2) is 14.2 Å². The monoisotopic (exact) mass is 332 g/mol. The molecule has 0 fully saturated rings. The summed E-state index contributed by atoms with van der Waals surface area (Å²) in [6, 6.07) is 7.98. The van der Waals surface area contributed by atoms with Crippen LogP contribution in [0, 0.1) is 24.5 Å². The van der Waals surface area contributed by atoms with Crippen LogP contribution in [0.2, 0.25) is 0 Å². The number of pyridine rings is 1. The largest absolute Gasteiger partial charge is 0.478 e. The number of halogens is 3. The third-order valence-corrected chi connectivity index (χ3v) is 3.48. The second-order valence-corrected chi connectivity index (χ2v) is 5.24. The number of aromatic carboxylic acids is 1. The number of benzene rings is 2. The van der Waals surface area contributed by atoms with Gasteiger partial charge in [0.2, 0.25) is 5.82 Å². The van der Waals surface area contributed by atoms with Crippen molar-refractivity contribution in [3.8, 4) is 0 Å². The van der Waals surface area contributed by atoms with Crippen LogP contribution < -0.4 is 5.32 Å². The van der Waals surface area contributed by atoms with Gasteiger partial charge in [0.15, 0.2) is 0 Å². The summed E-state index contributed by atoms with van der Waals surface area (Å²) in [6.07, 6.45) is 0. The number of hydrogen-bond acceptors (Lipinski definition) is 3. The first-order chi connectivity index (χ1) is 11.4. The summed E-state index contributed by atoms with van der Waals surface area (Å²) in [7, 11) is 0. The molecule has 0 saturated heterocycles. The minimum Gasteiger partial charge on any atom is -0.478 e.